The maximum atomic E-state index is 13.9. The molecule has 2 fully saturated rings. The number of carbonyl (C=O) groups excluding carboxylic acids is 1. The van der Waals surface area contributed by atoms with Crippen LogP contribution in [0.2, 0.25) is 0 Å². The molecule has 0 spiro atoms. The second kappa shape index (κ2) is 9.54. The van der Waals surface area contributed by atoms with E-state index in [1.165, 1.54) is 18.2 Å². The topological polar surface area (TPSA) is 79.4 Å². The molecule has 1 aromatic carbocycles. The first-order chi connectivity index (χ1) is 15.8. The molecule has 0 radical (unpaired) electrons. The summed E-state index contributed by atoms with van der Waals surface area (Å²) in [6, 6.07) is 8.40. The van der Waals surface area contributed by atoms with E-state index in [4.69, 9.17) is 0 Å². The van der Waals surface area contributed by atoms with Gasteiger partial charge in [-0.25, -0.2) is 13.4 Å². The smallest absolute Gasteiger partial charge is 0.269 e. The van der Waals surface area contributed by atoms with Crippen LogP contribution in [0.25, 0.3) is 0 Å². The third-order valence-electron chi connectivity index (χ3n) is 6.18. The predicted molar refractivity (Wildman–Crippen MR) is 119 cm³/mol. The zero-order valence-electron chi connectivity index (χ0n) is 17.9. The minimum absolute atomic E-state index is 0.0499. The van der Waals surface area contributed by atoms with E-state index in [1.54, 1.807) is 17.0 Å². The second-order valence-corrected chi connectivity index (χ2v) is 10.5. The third-order valence-corrected chi connectivity index (χ3v) is 8.44. The molecule has 1 aromatic heterocycles. The van der Waals surface area contributed by atoms with Crippen LogP contribution in [-0.2, 0) is 9.84 Å². The van der Waals surface area contributed by atoms with E-state index >= 15 is 0 Å². The Balaban J connectivity index is 1.56. The van der Waals surface area contributed by atoms with E-state index in [2.05, 4.69) is 10.3 Å². The number of nitrogens with zero attached hydrogens (tertiary/aromatic N) is 2. The van der Waals surface area contributed by atoms with Crippen LogP contribution in [0.4, 0.5) is 24.7 Å². The van der Waals surface area contributed by atoms with Gasteiger partial charge in [-0.05, 0) is 61.6 Å². The molecular weight excluding hydrogens is 455 g/mol. The van der Waals surface area contributed by atoms with Gasteiger partial charge in [-0.1, -0.05) is 18.9 Å². The van der Waals surface area contributed by atoms with Crippen molar-refractivity contribution in [1.29, 1.82) is 0 Å². The zero-order chi connectivity index (χ0) is 23.6. The molecule has 1 aliphatic carbocycles. The van der Waals surface area contributed by atoms with E-state index in [9.17, 15) is 26.4 Å². The van der Waals surface area contributed by atoms with Crippen molar-refractivity contribution in [2.75, 3.05) is 23.3 Å². The SMILES string of the molecule is O=C(Nc1cccc(S(=O)(=O)C2CCCC2)c1)c1ccc(F)nc1N1CCC(=C(F)F)CC1. The van der Waals surface area contributed by atoms with Crippen LogP contribution in [0, 0.1) is 5.95 Å². The number of sulfone groups is 1. The lowest BCUT2D eigenvalue weighted by Gasteiger charge is -2.30. The van der Waals surface area contributed by atoms with Crippen molar-refractivity contribution >= 4 is 27.2 Å². The number of aromatic nitrogens is 1. The highest BCUT2D eigenvalue weighted by Crippen LogP contribution is 2.31. The van der Waals surface area contributed by atoms with Gasteiger partial charge in [0, 0.05) is 18.8 Å². The molecule has 2 heterocycles. The number of halogens is 3. The lowest BCUT2D eigenvalue weighted by molar-refractivity contribution is 0.102. The van der Waals surface area contributed by atoms with Crippen LogP contribution in [-0.4, -0.2) is 37.6 Å². The lowest BCUT2D eigenvalue weighted by atomic mass is 10.0. The maximum Gasteiger partial charge on any atom is 0.269 e. The van der Waals surface area contributed by atoms with Crippen LogP contribution >= 0.6 is 0 Å². The minimum atomic E-state index is -3.49. The summed E-state index contributed by atoms with van der Waals surface area (Å²) < 4.78 is 65.4. The fourth-order valence-electron chi connectivity index (χ4n) is 4.36. The van der Waals surface area contributed by atoms with Gasteiger partial charge in [0.1, 0.15) is 5.82 Å². The van der Waals surface area contributed by atoms with Gasteiger partial charge in [-0.15, -0.1) is 0 Å². The van der Waals surface area contributed by atoms with Gasteiger partial charge in [-0.3, -0.25) is 4.79 Å². The number of amides is 1. The molecule has 10 heteroatoms. The van der Waals surface area contributed by atoms with Gasteiger partial charge in [0.2, 0.25) is 5.95 Å². The quantitative estimate of drug-likeness (QED) is 0.615. The summed E-state index contributed by atoms with van der Waals surface area (Å²) in [5, 5.41) is 2.25. The minimum Gasteiger partial charge on any atom is -0.355 e. The third kappa shape index (κ3) is 5.05. The Morgan fingerprint density at radius 2 is 1.76 bits per heavy atom. The molecule has 176 valence electrons. The molecule has 0 atom stereocenters. The summed E-state index contributed by atoms with van der Waals surface area (Å²) >= 11 is 0. The molecule has 6 nitrogen and oxygen atoms in total. The van der Waals surface area contributed by atoms with Crippen LogP contribution in [0.5, 0.6) is 0 Å². The van der Waals surface area contributed by atoms with Gasteiger partial charge >= 0.3 is 0 Å². The Labute approximate surface area is 190 Å². The monoisotopic (exact) mass is 479 g/mol. The van der Waals surface area contributed by atoms with Crippen LogP contribution in [0.1, 0.15) is 48.9 Å². The number of pyridine rings is 1. The average Bonchev–Trinajstić information content (AvgIpc) is 3.35. The summed E-state index contributed by atoms with van der Waals surface area (Å²) in [5.41, 5.74) is 0.417. The highest BCUT2D eigenvalue weighted by atomic mass is 32.2. The molecule has 1 saturated carbocycles. The Kier molecular flexibility index (Phi) is 6.73. The molecule has 1 N–H and O–H groups in total. The first-order valence-electron chi connectivity index (χ1n) is 10.9. The van der Waals surface area contributed by atoms with Crippen LogP contribution in [0.15, 0.2) is 52.9 Å². The Morgan fingerprint density at radius 3 is 2.42 bits per heavy atom. The lowest BCUT2D eigenvalue weighted by Crippen LogP contribution is -2.33. The molecular formula is C23H24F3N3O3S. The Hall–Kier alpha value is -2.88. The molecule has 4 rings (SSSR count). The normalized spacial score (nSPS) is 17.3. The van der Waals surface area contributed by atoms with Gasteiger partial charge in [-0.2, -0.15) is 13.2 Å². The van der Waals surface area contributed by atoms with Crippen molar-refractivity contribution < 1.29 is 26.4 Å². The van der Waals surface area contributed by atoms with E-state index in [1.807, 2.05) is 0 Å². The number of carbonyl (C=O) groups is 1. The zero-order valence-corrected chi connectivity index (χ0v) is 18.7. The Bertz CT molecular complexity index is 1180. The van der Waals surface area contributed by atoms with Crippen molar-refractivity contribution in [2.45, 2.75) is 48.7 Å². The van der Waals surface area contributed by atoms with Crippen LogP contribution < -0.4 is 10.2 Å². The van der Waals surface area contributed by atoms with Gasteiger partial charge in [0.05, 0.1) is 15.7 Å². The van der Waals surface area contributed by atoms with Crippen LogP contribution in [0.3, 0.4) is 0 Å². The van der Waals surface area contributed by atoms with Crippen molar-refractivity contribution in [3.8, 4) is 0 Å². The summed E-state index contributed by atoms with van der Waals surface area (Å²) in [6.07, 6.45) is 1.52. The van der Waals surface area contributed by atoms with E-state index in [-0.39, 0.29) is 53.5 Å². The molecule has 2 aliphatic rings. The first kappa shape index (κ1) is 23.3. The number of nitrogens with one attached hydrogen (secondary N) is 1. The van der Waals surface area contributed by atoms with Gasteiger partial charge in [0.15, 0.2) is 9.84 Å². The molecule has 1 saturated heterocycles. The van der Waals surface area contributed by atoms with Gasteiger partial charge < -0.3 is 10.2 Å². The fraction of sp³-hybridized carbons (Fsp3) is 0.391. The van der Waals surface area contributed by atoms with Crippen molar-refractivity contribution in [1.82, 2.24) is 4.98 Å². The summed E-state index contributed by atoms with van der Waals surface area (Å²) in [5.74, 6) is -1.31. The second-order valence-electron chi connectivity index (χ2n) is 8.29. The molecule has 0 unspecified atom stereocenters. The molecule has 1 aliphatic heterocycles. The van der Waals surface area contributed by atoms with E-state index in [0.717, 1.165) is 18.9 Å². The fourth-order valence-corrected chi connectivity index (χ4v) is 6.26. The maximum absolute atomic E-state index is 13.9. The summed E-state index contributed by atoms with van der Waals surface area (Å²) in [6.45, 7) is 0.358. The van der Waals surface area contributed by atoms with E-state index < -0.39 is 33.0 Å². The van der Waals surface area contributed by atoms with Crippen molar-refractivity contribution in [3.63, 3.8) is 0 Å². The number of piperidine rings is 1. The standard InChI is InChI=1S/C23H24F3N3O3S/c24-20-9-8-19(22(28-20)29-12-10-15(11-13-29)21(25)26)23(30)27-16-4-3-7-18(14-16)33(31,32)17-5-1-2-6-17/h3-4,7-9,14,17H,1-2,5-6,10-13H2,(H,27,30). The van der Waals surface area contributed by atoms with Crippen molar-refractivity contribution in [2.24, 2.45) is 0 Å². The predicted octanol–water partition coefficient (Wildman–Crippen LogP) is 4.94. The number of anilines is 2. The van der Waals surface area contributed by atoms with E-state index in [0.29, 0.717) is 12.8 Å². The number of hydrogen-bond acceptors (Lipinski definition) is 5. The highest BCUT2D eigenvalue weighted by molar-refractivity contribution is 7.92. The Morgan fingerprint density at radius 1 is 1.06 bits per heavy atom. The molecule has 2 aromatic rings. The first-order valence-corrected chi connectivity index (χ1v) is 12.4. The summed E-state index contributed by atoms with van der Waals surface area (Å²) in [4.78, 5) is 18.6. The van der Waals surface area contributed by atoms with Gasteiger partial charge in [0.25, 0.3) is 12.0 Å². The number of rotatable bonds is 5. The number of hydrogen-bond donors (Lipinski definition) is 1. The largest absolute Gasteiger partial charge is 0.355 e. The molecule has 33 heavy (non-hydrogen) atoms. The molecule has 1 amide bonds. The summed E-state index contributed by atoms with van der Waals surface area (Å²) in [7, 11) is -3.49. The molecule has 0 bridgehead atoms. The number of benzene rings is 1. The van der Waals surface area contributed by atoms with Crippen molar-refractivity contribution in [3.05, 3.63) is 59.6 Å². The average molecular weight is 480 g/mol. The highest BCUT2D eigenvalue weighted by Gasteiger charge is 2.30.